The number of carbonyl (C=O) groups is 2. The predicted molar refractivity (Wildman–Crippen MR) is 69.5 cm³/mol. The smallest absolute Gasteiger partial charge is 0.340 e. The molecular weight excluding hydrogens is 260 g/mol. The first-order chi connectivity index (χ1) is 9.74. The summed E-state index contributed by atoms with van der Waals surface area (Å²) in [4.78, 5) is 30.2. The molecule has 2 aromatic rings. The number of carbonyl (C=O) groups excluding carboxylic acids is 2. The van der Waals surface area contributed by atoms with Crippen LogP contribution < -0.4 is 4.74 Å². The molecule has 0 aliphatic rings. The number of hydrogen-bond donors (Lipinski definition) is 0. The van der Waals surface area contributed by atoms with Gasteiger partial charge in [0.25, 0.3) is 0 Å². The Labute approximate surface area is 115 Å². The van der Waals surface area contributed by atoms with E-state index in [1.807, 2.05) is 12.1 Å². The van der Waals surface area contributed by atoms with Gasteiger partial charge in [0, 0.05) is 18.5 Å². The number of nitrogens with zero attached hydrogens (tertiary/aromatic N) is 2. The third-order valence-corrected chi connectivity index (χ3v) is 2.55. The molecule has 0 saturated heterocycles. The normalized spacial score (nSPS) is 9.85. The lowest BCUT2D eigenvalue weighted by molar-refractivity contribution is 0.0597. The van der Waals surface area contributed by atoms with E-state index < -0.39 is 5.97 Å². The van der Waals surface area contributed by atoms with Crippen LogP contribution in [0.1, 0.15) is 26.4 Å². The second-order valence-electron chi connectivity index (χ2n) is 3.84. The van der Waals surface area contributed by atoms with Gasteiger partial charge in [-0.1, -0.05) is 0 Å². The molecule has 0 spiro atoms. The van der Waals surface area contributed by atoms with E-state index in [0.29, 0.717) is 12.9 Å². The summed E-state index contributed by atoms with van der Waals surface area (Å²) in [7, 11) is 1.24. The number of rotatable bonds is 5. The van der Waals surface area contributed by atoms with Gasteiger partial charge in [-0.3, -0.25) is 9.78 Å². The molecule has 6 heteroatoms. The van der Waals surface area contributed by atoms with Crippen LogP contribution >= 0.6 is 0 Å². The maximum Gasteiger partial charge on any atom is 0.340 e. The van der Waals surface area contributed by atoms with Crippen LogP contribution in [0.4, 0.5) is 0 Å². The molecule has 102 valence electrons. The van der Waals surface area contributed by atoms with Gasteiger partial charge in [0.15, 0.2) is 6.29 Å². The van der Waals surface area contributed by atoms with Crippen LogP contribution in [0.25, 0.3) is 0 Å². The third-order valence-electron chi connectivity index (χ3n) is 2.55. The molecule has 0 aliphatic carbocycles. The summed E-state index contributed by atoms with van der Waals surface area (Å²) in [6.07, 6.45) is 3.80. The average molecular weight is 272 g/mol. The maximum absolute atomic E-state index is 11.4. The molecule has 20 heavy (non-hydrogen) atoms. The minimum atomic E-state index is -0.611. The predicted octanol–water partition coefficient (Wildman–Crippen LogP) is 1.65. The van der Waals surface area contributed by atoms with Gasteiger partial charge in [0.1, 0.15) is 12.3 Å². The Morgan fingerprint density at radius 2 is 2.00 bits per heavy atom. The van der Waals surface area contributed by atoms with Crippen LogP contribution in [0.3, 0.4) is 0 Å². The third kappa shape index (κ3) is 3.17. The zero-order valence-corrected chi connectivity index (χ0v) is 10.8. The first-order valence-corrected chi connectivity index (χ1v) is 5.81. The molecule has 0 fully saturated rings. The molecule has 0 bridgehead atoms. The number of esters is 1. The van der Waals surface area contributed by atoms with E-state index in [1.165, 1.54) is 19.2 Å². The SMILES string of the molecule is COC(=O)c1ccc(OCc2ccncc2)nc1C=O. The van der Waals surface area contributed by atoms with Crippen molar-refractivity contribution in [2.75, 3.05) is 7.11 Å². The maximum atomic E-state index is 11.4. The average Bonchev–Trinajstić information content (AvgIpc) is 2.52. The minimum Gasteiger partial charge on any atom is -0.473 e. The Morgan fingerprint density at radius 3 is 2.65 bits per heavy atom. The molecule has 0 amide bonds. The Hall–Kier alpha value is -2.76. The van der Waals surface area contributed by atoms with Gasteiger partial charge in [-0.05, 0) is 23.8 Å². The standard InChI is InChI=1S/C14H12N2O4/c1-19-14(18)11-2-3-13(16-12(11)8-17)20-9-10-4-6-15-7-5-10/h2-8H,9H2,1H3. The highest BCUT2D eigenvalue weighted by molar-refractivity contribution is 5.97. The Morgan fingerprint density at radius 1 is 1.25 bits per heavy atom. The van der Waals surface area contributed by atoms with Gasteiger partial charge in [-0.2, -0.15) is 0 Å². The summed E-state index contributed by atoms with van der Waals surface area (Å²) in [5, 5.41) is 0. The highest BCUT2D eigenvalue weighted by Gasteiger charge is 2.13. The van der Waals surface area contributed by atoms with Crippen LogP contribution in [-0.4, -0.2) is 29.3 Å². The molecule has 0 unspecified atom stereocenters. The topological polar surface area (TPSA) is 78.4 Å². The van der Waals surface area contributed by atoms with E-state index in [2.05, 4.69) is 14.7 Å². The van der Waals surface area contributed by atoms with E-state index in [1.54, 1.807) is 12.4 Å². The van der Waals surface area contributed by atoms with Gasteiger partial charge in [-0.25, -0.2) is 9.78 Å². The van der Waals surface area contributed by atoms with Crippen molar-refractivity contribution in [3.63, 3.8) is 0 Å². The van der Waals surface area contributed by atoms with Crippen LogP contribution in [0.5, 0.6) is 5.88 Å². The number of pyridine rings is 2. The highest BCUT2D eigenvalue weighted by Crippen LogP contribution is 2.14. The Bertz CT molecular complexity index is 614. The highest BCUT2D eigenvalue weighted by atomic mass is 16.5. The van der Waals surface area contributed by atoms with Gasteiger partial charge in [0.05, 0.1) is 12.7 Å². The fourth-order valence-electron chi connectivity index (χ4n) is 1.55. The summed E-state index contributed by atoms with van der Waals surface area (Å²) < 4.78 is 10.0. The molecule has 2 heterocycles. The lowest BCUT2D eigenvalue weighted by Crippen LogP contribution is -2.08. The van der Waals surface area contributed by atoms with E-state index in [0.717, 1.165) is 5.56 Å². The fourth-order valence-corrected chi connectivity index (χ4v) is 1.55. The van der Waals surface area contributed by atoms with Gasteiger partial charge in [-0.15, -0.1) is 0 Å². The molecule has 0 aliphatic heterocycles. The van der Waals surface area contributed by atoms with E-state index in [9.17, 15) is 9.59 Å². The Balaban J connectivity index is 2.14. The van der Waals surface area contributed by atoms with Gasteiger partial charge < -0.3 is 9.47 Å². The van der Waals surface area contributed by atoms with Crippen LogP contribution in [0.15, 0.2) is 36.7 Å². The second kappa shape index (κ2) is 6.42. The molecule has 0 radical (unpaired) electrons. The summed E-state index contributed by atoms with van der Waals surface area (Å²) in [5.41, 5.74) is 1.02. The lowest BCUT2D eigenvalue weighted by Gasteiger charge is -2.07. The van der Waals surface area contributed by atoms with E-state index in [-0.39, 0.29) is 17.1 Å². The van der Waals surface area contributed by atoms with Crippen LogP contribution in [-0.2, 0) is 11.3 Å². The second-order valence-corrected chi connectivity index (χ2v) is 3.84. The molecule has 0 aromatic carbocycles. The monoisotopic (exact) mass is 272 g/mol. The number of hydrogen-bond acceptors (Lipinski definition) is 6. The van der Waals surface area contributed by atoms with E-state index in [4.69, 9.17) is 4.74 Å². The van der Waals surface area contributed by atoms with Crippen molar-refractivity contribution in [1.29, 1.82) is 0 Å². The quantitative estimate of drug-likeness (QED) is 0.608. The molecule has 6 nitrogen and oxygen atoms in total. The summed E-state index contributed by atoms with van der Waals surface area (Å²) in [6.45, 7) is 0.297. The van der Waals surface area contributed by atoms with Crippen molar-refractivity contribution in [1.82, 2.24) is 9.97 Å². The van der Waals surface area contributed by atoms with Gasteiger partial charge >= 0.3 is 5.97 Å². The summed E-state index contributed by atoms with van der Waals surface area (Å²) in [6, 6.07) is 6.58. The van der Waals surface area contributed by atoms with Gasteiger partial charge in [0.2, 0.25) is 5.88 Å². The zero-order chi connectivity index (χ0) is 14.4. The molecule has 0 atom stereocenters. The minimum absolute atomic E-state index is 0.0101. The molecule has 0 saturated carbocycles. The van der Waals surface area contributed by atoms with Crippen molar-refractivity contribution >= 4 is 12.3 Å². The number of methoxy groups -OCH3 is 1. The fraction of sp³-hybridized carbons (Fsp3) is 0.143. The van der Waals surface area contributed by atoms with Crippen LogP contribution in [0.2, 0.25) is 0 Å². The van der Waals surface area contributed by atoms with Crippen molar-refractivity contribution in [3.05, 3.63) is 53.5 Å². The first kappa shape index (κ1) is 13.7. The van der Waals surface area contributed by atoms with Crippen LogP contribution in [0, 0.1) is 0 Å². The van der Waals surface area contributed by atoms with Crippen molar-refractivity contribution < 1.29 is 19.1 Å². The molecule has 0 N–H and O–H groups in total. The lowest BCUT2D eigenvalue weighted by atomic mass is 10.2. The first-order valence-electron chi connectivity index (χ1n) is 5.81. The summed E-state index contributed by atoms with van der Waals surface area (Å²) >= 11 is 0. The molecule has 2 aromatic heterocycles. The van der Waals surface area contributed by atoms with E-state index >= 15 is 0 Å². The number of aldehydes is 1. The van der Waals surface area contributed by atoms with Crippen molar-refractivity contribution in [2.45, 2.75) is 6.61 Å². The molecule has 2 rings (SSSR count). The van der Waals surface area contributed by atoms with Crippen molar-refractivity contribution in [2.24, 2.45) is 0 Å². The zero-order valence-electron chi connectivity index (χ0n) is 10.8. The number of ether oxygens (including phenoxy) is 2. The largest absolute Gasteiger partial charge is 0.473 e. The number of aromatic nitrogens is 2. The molecular formula is C14H12N2O4. The summed E-state index contributed by atoms with van der Waals surface area (Å²) in [5.74, 6) is -0.350. The Kier molecular flexibility index (Phi) is 4.39. The van der Waals surface area contributed by atoms with Crippen molar-refractivity contribution in [3.8, 4) is 5.88 Å².